The first-order chi connectivity index (χ1) is 6.29. The Balaban J connectivity index is 1.74. The lowest BCUT2D eigenvalue weighted by Crippen LogP contribution is -2.31. The molecule has 1 nitrogen and oxygen atoms in total. The first-order valence-corrected chi connectivity index (χ1v) is 5.65. The van der Waals surface area contributed by atoms with Crippen molar-refractivity contribution in [3.05, 3.63) is 12.7 Å². The number of rotatable bonds is 4. The fraction of sp³-hybridized carbons (Fsp3) is 0.833. The number of hydrogen-bond acceptors (Lipinski definition) is 1. The van der Waals surface area contributed by atoms with Crippen LogP contribution in [0.1, 0.15) is 32.6 Å². The maximum Gasteiger partial charge on any atom is 0.0219 e. The standard InChI is InChI=1S/C12H21N/c1-3-9(2)13-8-12-7-10-4-5-11(12)6-10/h3,9-13H,1,4-8H2,2H3. The molecule has 0 aromatic heterocycles. The molecule has 0 spiro atoms. The van der Waals surface area contributed by atoms with E-state index in [0.29, 0.717) is 6.04 Å². The lowest BCUT2D eigenvalue weighted by Gasteiger charge is -2.23. The third-order valence-electron chi connectivity index (χ3n) is 3.94. The van der Waals surface area contributed by atoms with E-state index in [1.807, 2.05) is 6.08 Å². The molecule has 4 unspecified atom stereocenters. The minimum atomic E-state index is 0.485. The highest BCUT2D eigenvalue weighted by atomic mass is 14.9. The van der Waals surface area contributed by atoms with Crippen molar-refractivity contribution < 1.29 is 0 Å². The van der Waals surface area contributed by atoms with Gasteiger partial charge in [0.15, 0.2) is 0 Å². The van der Waals surface area contributed by atoms with E-state index in [-0.39, 0.29) is 0 Å². The summed E-state index contributed by atoms with van der Waals surface area (Å²) in [4.78, 5) is 0. The van der Waals surface area contributed by atoms with Crippen LogP contribution in [0, 0.1) is 17.8 Å². The molecule has 2 aliphatic rings. The van der Waals surface area contributed by atoms with Gasteiger partial charge in [-0.15, -0.1) is 6.58 Å². The van der Waals surface area contributed by atoms with Crippen molar-refractivity contribution in [1.29, 1.82) is 0 Å². The zero-order valence-corrected chi connectivity index (χ0v) is 8.63. The summed E-state index contributed by atoms with van der Waals surface area (Å²) in [5.74, 6) is 3.10. The smallest absolute Gasteiger partial charge is 0.0219 e. The Labute approximate surface area is 81.6 Å². The molecule has 2 fully saturated rings. The maximum absolute atomic E-state index is 3.79. The van der Waals surface area contributed by atoms with Crippen LogP contribution >= 0.6 is 0 Å². The molecule has 1 N–H and O–H groups in total. The van der Waals surface area contributed by atoms with E-state index in [2.05, 4.69) is 18.8 Å². The quantitative estimate of drug-likeness (QED) is 0.654. The predicted octanol–water partition coefficient (Wildman–Crippen LogP) is 2.59. The van der Waals surface area contributed by atoms with Crippen LogP contribution in [0.3, 0.4) is 0 Å². The van der Waals surface area contributed by atoms with E-state index >= 15 is 0 Å². The molecule has 0 amide bonds. The number of nitrogens with one attached hydrogen (secondary N) is 1. The fourth-order valence-corrected chi connectivity index (χ4v) is 3.05. The second-order valence-electron chi connectivity index (χ2n) is 4.87. The van der Waals surface area contributed by atoms with E-state index in [4.69, 9.17) is 0 Å². The third-order valence-corrected chi connectivity index (χ3v) is 3.94. The fourth-order valence-electron chi connectivity index (χ4n) is 3.05. The predicted molar refractivity (Wildman–Crippen MR) is 56.6 cm³/mol. The second-order valence-corrected chi connectivity index (χ2v) is 4.87. The molecule has 0 aromatic carbocycles. The van der Waals surface area contributed by atoms with Crippen LogP contribution in [-0.4, -0.2) is 12.6 Å². The molecule has 74 valence electrons. The van der Waals surface area contributed by atoms with E-state index in [0.717, 1.165) is 17.8 Å². The van der Waals surface area contributed by atoms with Gasteiger partial charge in [-0.2, -0.15) is 0 Å². The molecular formula is C12H21N. The molecule has 0 aliphatic heterocycles. The van der Waals surface area contributed by atoms with Gasteiger partial charge in [0, 0.05) is 6.04 Å². The zero-order chi connectivity index (χ0) is 9.26. The highest BCUT2D eigenvalue weighted by Gasteiger charge is 2.38. The molecule has 2 aliphatic carbocycles. The van der Waals surface area contributed by atoms with Gasteiger partial charge >= 0.3 is 0 Å². The van der Waals surface area contributed by atoms with Crippen LogP contribution in [0.15, 0.2) is 12.7 Å². The topological polar surface area (TPSA) is 12.0 Å². The highest BCUT2D eigenvalue weighted by molar-refractivity contribution is 4.92. The summed E-state index contributed by atoms with van der Waals surface area (Å²) in [7, 11) is 0. The summed E-state index contributed by atoms with van der Waals surface area (Å²) in [6, 6.07) is 0.485. The van der Waals surface area contributed by atoms with Gasteiger partial charge < -0.3 is 5.32 Å². The summed E-state index contributed by atoms with van der Waals surface area (Å²) in [6.07, 6.45) is 8.02. The van der Waals surface area contributed by atoms with Crippen molar-refractivity contribution in [3.8, 4) is 0 Å². The largest absolute Gasteiger partial charge is 0.311 e. The Morgan fingerprint density at radius 1 is 1.46 bits per heavy atom. The SMILES string of the molecule is C=CC(C)NCC1CC2CCC1C2. The van der Waals surface area contributed by atoms with Gasteiger partial charge in [0.25, 0.3) is 0 Å². The second kappa shape index (κ2) is 3.83. The average Bonchev–Trinajstić information content (AvgIpc) is 2.74. The Hall–Kier alpha value is -0.300. The van der Waals surface area contributed by atoms with E-state index < -0.39 is 0 Å². The molecule has 2 rings (SSSR count). The first kappa shape index (κ1) is 9.26. The van der Waals surface area contributed by atoms with Gasteiger partial charge in [-0.25, -0.2) is 0 Å². The summed E-state index contributed by atoms with van der Waals surface area (Å²) in [6.45, 7) is 7.19. The van der Waals surface area contributed by atoms with Gasteiger partial charge in [0.05, 0.1) is 0 Å². The summed E-state index contributed by atoms with van der Waals surface area (Å²) in [5, 5.41) is 3.54. The lowest BCUT2D eigenvalue weighted by atomic mass is 9.89. The molecule has 2 bridgehead atoms. The summed E-state index contributed by atoms with van der Waals surface area (Å²) in [5.41, 5.74) is 0. The van der Waals surface area contributed by atoms with Crippen LogP contribution in [-0.2, 0) is 0 Å². The molecular weight excluding hydrogens is 158 g/mol. The Kier molecular flexibility index (Phi) is 2.73. The maximum atomic E-state index is 3.79. The van der Waals surface area contributed by atoms with Gasteiger partial charge in [-0.1, -0.05) is 12.5 Å². The summed E-state index contributed by atoms with van der Waals surface area (Å²) < 4.78 is 0. The molecule has 0 radical (unpaired) electrons. The minimum Gasteiger partial charge on any atom is -0.311 e. The van der Waals surface area contributed by atoms with Crippen molar-refractivity contribution in [3.63, 3.8) is 0 Å². The van der Waals surface area contributed by atoms with Gasteiger partial charge in [0.1, 0.15) is 0 Å². The van der Waals surface area contributed by atoms with Gasteiger partial charge in [-0.3, -0.25) is 0 Å². The minimum absolute atomic E-state index is 0.485. The highest BCUT2D eigenvalue weighted by Crippen LogP contribution is 2.47. The third kappa shape index (κ3) is 1.96. The van der Waals surface area contributed by atoms with E-state index in [1.165, 1.54) is 32.2 Å². The molecule has 0 heterocycles. The summed E-state index contributed by atoms with van der Waals surface area (Å²) >= 11 is 0. The van der Waals surface area contributed by atoms with Crippen molar-refractivity contribution in [2.75, 3.05) is 6.54 Å². The van der Waals surface area contributed by atoms with Crippen LogP contribution in [0.4, 0.5) is 0 Å². The molecule has 0 aromatic rings. The van der Waals surface area contributed by atoms with E-state index in [9.17, 15) is 0 Å². The molecule has 0 saturated heterocycles. The Bertz CT molecular complexity index is 188. The molecule has 13 heavy (non-hydrogen) atoms. The van der Waals surface area contributed by atoms with Crippen molar-refractivity contribution >= 4 is 0 Å². The number of hydrogen-bond donors (Lipinski definition) is 1. The zero-order valence-electron chi connectivity index (χ0n) is 8.63. The number of fused-ring (bicyclic) bond motifs is 2. The van der Waals surface area contributed by atoms with E-state index in [1.54, 1.807) is 0 Å². The Morgan fingerprint density at radius 2 is 2.31 bits per heavy atom. The van der Waals surface area contributed by atoms with Crippen LogP contribution < -0.4 is 5.32 Å². The van der Waals surface area contributed by atoms with Crippen LogP contribution in [0.25, 0.3) is 0 Å². The van der Waals surface area contributed by atoms with Crippen molar-refractivity contribution in [2.45, 2.75) is 38.6 Å². The average molecular weight is 179 g/mol. The van der Waals surface area contributed by atoms with Crippen molar-refractivity contribution in [2.24, 2.45) is 17.8 Å². The first-order valence-electron chi connectivity index (χ1n) is 5.65. The van der Waals surface area contributed by atoms with Gasteiger partial charge in [-0.05, 0) is 50.5 Å². The monoisotopic (exact) mass is 179 g/mol. The molecule has 4 atom stereocenters. The van der Waals surface area contributed by atoms with Crippen molar-refractivity contribution in [1.82, 2.24) is 5.32 Å². The Morgan fingerprint density at radius 3 is 2.85 bits per heavy atom. The normalized spacial score (nSPS) is 39.3. The van der Waals surface area contributed by atoms with Crippen LogP contribution in [0.2, 0.25) is 0 Å². The lowest BCUT2D eigenvalue weighted by molar-refractivity contribution is 0.315. The molecule has 2 saturated carbocycles. The molecule has 1 heteroatoms. The van der Waals surface area contributed by atoms with Crippen LogP contribution in [0.5, 0.6) is 0 Å². The van der Waals surface area contributed by atoms with Gasteiger partial charge in [0.2, 0.25) is 0 Å².